The Labute approximate surface area is 139 Å². The monoisotopic (exact) mass is 341 g/mol. The van der Waals surface area contributed by atoms with Gasteiger partial charge in [-0.25, -0.2) is 14.8 Å². The van der Waals surface area contributed by atoms with E-state index in [1.807, 2.05) is 0 Å². The number of rotatable bonds is 5. The summed E-state index contributed by atoms with van der Waals surface area (Å²) in [6.07, 6.45) is 1.33. The standard InChI is InChI=1S/C16H11N3O6/c20-6-10-11-13(21)12(16(23)24)15(22)19(14(11)18-8-17-10)25-7-9-4-2-1-3-5-9/h1-6,8,21H,7H2,(H,23,24). The zero-order chi connectivity index (χ0) is 18.0. The molecule has 0 aliphatic heterocycles. The molecule has 1 aromatic carbocycles. The Bertz CT molecular complexity index is 1030. The number of benzene rings is 1. The van der Waals surface area contributed by atoms with E-state index in [1.165, 1.54) is 0 Å². The van der Waals surface area contributed by atoms with Gasteiger partial charge in [-0.2, -0.15) is 0 Å². The van der Waals surface area contributed by atoms with Crippen LogP contribution in [0.15, 0.2) is 41.5 Å². The van der Waals surface area contributed by atoms with E-state index in [0.29, 0.717) is 11.0 Å². The smallest absolute Gasteiger partial charge is 0.345 e. The summed E-state index contributed by atoms with van der Waals surface area (Å²) in [5.41, 5.74) is -1.79. The molecule has 0 atom stereocenters. The van der Waals surface area contributed by atoms with Crippen LogP contribution >= 0.6 is 0 Å². The van der Waals surface area contributed by atoms with Crippen molar-refractivity contribution in [3.8, 4) is 5.75 Å². The molecular formula is C16H11N3O6. The Kier molecular flexibility index (Phi) is 4.12. The molecule has 3 rings (SSSR count). The van der Waals surface area contributed by atoms with Gasteiger partial charge in [0.1, 0.15) is 24.4 Å². The van der Waals surface area contributed by atoms with Crippen LogP contribution in [0.4, 0.5) is 0 Å². The maximum Gasteiger partial charge on any atom is 0.345 e. The third-order valence-corrected chi connectivity index (χ3v) is 3.45. The minimum Gasteiger partial charge on any atom is -0.506 e. The minimum absolute atomic E-state index is 0.0554. The van der Waals surface area contributed by atoms with E-state index in [9.17, 15) is 24.6 Å². The first kappa shape index (κ1) is 16.1. The summed E-state index contributed by atoms with van der Waals surface area (Å²) in [4.78, 5) is 47.8. The number of hydrogen-bond acceptors (Lipinski definition) is 7. The first-order valence-corrected chi connectivity index (χ1v) is 7.03. The van der Waals surface area contributed by atoms with Crippen molar-refractivity contribution >= 4 is 23.3 Å². The first-order chi connectivity index (χ1) is 12.0. The number of carboxylic acid groups (broad SMARTS) is 1. The summed E-state index contributed by atoms with van der Waals surface area (Å²) >= 11 is 0. The number of carbonyl (C=O) groups is 2. The highest BCUT2D eigenvalue weighted by Gasteiger charge is 2.25. The topological polar surface area (TPSA) is 132 Å². The van der Waals surface area contributed by atoms with Gasteiger partial charge in [0.15, 0.2) is 17.5 Å². The molecular weight excluding hydrogens is 330 g/mol. The van der Waals surface area contributed by atoms with Crippen LogP contribution in [0.5, 0.6) is 5.75 Å². The van der Waals surface area contributed by atoms with Gasteiger partial charge in [-0.1, -0.05) is 30.3 Å². The van der Waals surface area contributed by atoms with E-state index < -0.39 is 22.8 Å². The maximum atomic E-state index is 12.4. The molecule has 2 N–H and O–H groups in total. The Hall–Kier alpha value is -3.75. The van der Waals surface area contributed by atoms with Crippen molar-refractivity contribution in [3.63, 3.8) is 0 Å². The number of hydrogen-bond donors (Lipinski definition) is 2. The van der Waals surface area contributed by atoms with E-state index in [4.69, 9.17) is 4.84 Å². The van der Waals surface area contributed by atoms with E-state index in [1.54, 1.807) is 30.3 Å². The van der Waals surface area contributed by atoms with Crippen molar-refractivity contribution in [1.82, 2.24) is 14.7 Å². The molecule has 2 aromatic heterocycles. The summed E-state index contributed by atoms with van der Waals surface area (Å²) in [5.74, 6) is -2.54. The molecule has 0 amide bonds. The Morgan fingerprint density at radius 2 is 1.96 bits per heavy atom. The third kappa shape index (κ3) is 2.78. The van der Waals surface area contributed by atoms with E-state index in [0.717, 1.165) is 11.9 Å². The molecule has 9 heteroatoms. The second-order valence-electron chi connectivity index (χ2n) is 4.96. The van der Waals surface area contributed by atoms with Gasteiger partial charge in [0.2, 0.25) is 0 Å². The van der Waals surface area contributed by atoms with Crippen LogP contribution in [0.3, 0.4) is 0 Å². The van der Waals surface area contributed by atoms with Crippen molar-refractivity contribution in [3.05, 3.63) is 63.8 Å². The van der Waals surface area contributed by atoms with Gasteiger partial charge >= 0.3 is 11.5 Å². The molecule has 0 spiro atoms. The van der Waals surface area contributed by atoms with Crippen LogP contribution in [0, 0.1) is 0 Å². The minimum atomic E-state index is -1.66. The number of nitrogens with zero attached hydrogens (tertiary/aromatic N) is 3. The van der Waals surface area contributed by atoms with Crippen molar-refractivity contribution < 1.29 is 24.6 Å². The van der Waals surface area contributed by atoms with E-state index in [2.05, 4.69) is 9.97 Å². The van der Waals surface area contributed by atoms with Gasteiger partial charge in [-0.15, -0.1) is 4.73 Å². The summed E-state index contributed by atoms with van der Waals surface area (Å²) in [6.45, 7) is -0.0554. The summed E-state index contributed by atoms with van der Waals surface area (Å²) in [7, 11) is 0. The van der Waals surface area contributed by atoms with Crippen LogP contribution in [-0.2, 0) is 6.61 Å². The molecule has 3 aromatic rings. The molecule has 0 fully saturated rings. The molecule has 0 radical (unpaired) electrons. The lowest BCUT2D eigenvalue weighted by Crippen LogP contribution is -2.32. The number of aromatic hydroxyl groups is 1. The largest absolute Gasteiger partial charge is 0.506 e. The lowest BCUT2D eigenvalue weighted by atomic mass is 10.1. The van der Waals surface area contributed by atoms with Crippen molar-refractivity contribution in [2.24, 2.45) is 0 Å². The van der Waals surface area contributed by atoms with Gasteiger partial charge in [0.05, 0.1) is 5.39 Å². The predicted octanol–water partition coefficient (Wildman–Crippen LogP) is 0.637. The highest BCUT2D eigenvalue weighted by atomic mass is 16.7. The van der Waals surface area contributed by atoms with Gasteiger partial charge < -0.3 is 15.1 Å². The van der Waals surface area contributed by atoms with Gasteiger partial charge in [0.25, 0.3) is 0 Å². The molecule has 126 valence electrons. The fourth-order valence-corrected chi connectivity index (χ4v) is 2.31. The van der Waals surface area contributed by atoms with Crippen LogP contribution in [0.1, 0.15) is 26.4 Å². The summed E-state index contributed by atoms with van der Waals surface area (Å²) < 4.78 is 0.639. The second-order valence-corrected chi connectivity index (χ2v) is 4.96. The van der Waals surface area contributed by atoms with E-state index in [-0.39, 0.29) is 23.3 Å². The van der Waals surface area contributed by atoms with Crippen molar-refractivity contribution in [2.45, 2.75) is 6.61 Å². The lowest BCUT2D eigenvalue weighted by molar-refractivity contribution is 0.0672. The Morgan fingerprint density at radius 1 is 1.24 bits per heavy atom. The summed E-state index contributed by atoms with van der Waals surface area (Å²) in [5, 5.41) is 19.1. The Balaban J connectivity index is 2.24. The predicted molar refractivity (Wildman–Crippen MR) is 84.5 cm³/mol. The van der Waals surface area contributed by atoms with Crippen molar-refractivity contribution in [1.29, 1.82) is 0 Å². The maximum absolute atomic E-state index is 12.4. The van der Waals surface area contributed by atoms with Crippen molar-refractivity contribution in [2.75, 3.05) is 0 Å². The number of carbonyl (C=O) groups excluding carboxylic acids is 1. The van der Waals surface area contributed by atoms with Gasteiger partial charge in [-0.05, 0) is 5.56 Å². The third-order valence-electron chi connectivity index (χ3n) is 3.45. The SMILES string of the molecule is O=Cc1ncnc2c1c(O)c(C(=O)O)c(=O)n2OCc1ccccc1. The Morgan fingerprint density at radius 3 is 2.60 bits per heavy atom. The lowest BCUT2D eigenvalue weighted by Gasteiger charge is -2.13. The molecule has 0 saturated heterocycles. The number of fused-ring (bicyclic) bond motifs is 1. The molecule has 9 nitrogen and oxygen atoms in total. The average molecular weight is 341 g/mol. The average Bonchev–Trinajstić information content (AvgIpc) is 2.61. The number of aldehydes is 1. The van der Waals surface area contributed by atoms with Gasteiger partial charge in [-0.3, -0.25) is 9.59 Å². The number of pyridine rings is 1. The summed E-state index contributed by atoms with van der Waals surface area (Å²) in [6, 6.07) is 8.84. The molecule has 0 unspecified atom stereocenters. The molecule has 0 bridgehead atoms. The fourth-order valence-electron chi connectivity index (χ4n) is 2.31. The number of carboxylic acids is 1. The van der Waals surface area contributed by atoms with E-state index >= 15 is 0 Å². The molecule has 0 saturated carbocycles. The van der Waals surface area contributed by atoms with Crippen LogP contribution in [0.2, 0.25) is 0 Å². The number of aromatic carboxylic acids is 1. The second kappa shape index (κ2) is 6.40. The highest BCUT2D eigenvalue weighted by molar-refractivity contribution is 6.03. The van der Waals surface area contributed by atoms with Crippen LogP contribution in [0.25, 0.3) is 11.0 Å². The zero-order valence-corrected chi connectivity index (χ0v) is 12.6. The zero-order valence-electron chi connectivity index (χ0n) is 12.6. The molecule has 2 heterocycles. The number of aromatic nitrogens is 3. The molecule has 0 aliphatic carbocycles. The quantitative estimate of drug-likeness (QED) is 0.646. The molecule has 25 heavy (non-hydrogen) atoms. The highest BCUT2D eigenvalue weighted by Crippen LogP contribution is 2.26. The fraction of sp³-hybridized carbons (Fsp3) is 0.0625. The van der Waals surface area contributed by atoms with Gasteiger partial charge in [0, 0.05) is 0 Å². The molecule has 0 aliphatic rings. The van der Waals surface area contributed by atoms with Crippen LogP contribution < -0.4 is 10.4 Å². The van der Waals surface area contributed by atoms with Crippen LogP contribution in [-0.4, -0.2) is 37.2 Å². The first-order valence-electron chi connectivity index (χ1n) is 7.03. The normalized spacial score (nSPS) is 10.6.